The highest BCUT2D eigenvalue weighted by Gasteiger charge is 2.26. The van der Waals surface area contributed by atoms with Crippen LogP contribution < -0.4 is 10.2 Å². The lowest BCUT2D eigenvalue weighted by Gasteiger charge is -2.10. The molecule has 1 N–H and O–H groups in total. The molecule has 2 aromatic rings. The molecule has 1 aliphatic rings. The minimum atomic E-state index is -0.307. The van der Waals surface area contributed by atoms with Gasteiger partial charge in [-0.1, -0.05) is 23.5 Å². The number of halogens is 1. The van der Waals surface area contributed by atoms with Gasteiger partial charge in [-0.05, 0) is 31.0 Å². The number of benzene rings is 1. The maximum absolute atomic E-state index is 12.9. The van der Waals surface area contributed by atoms with Crippen molar-refractivity contribution in [2.45, 2.75) is 26.3 Å². The van der Waals surface area contributed by atoms with Crippen molar-refractivity contribution in [2.75, 3.05) is 11.4 Å². The number of aromatic nitrogens is 1. The van der Waals surface area contributed by atoms with Crippen molar-refractivity contribution in [3.8, 4) is 0 Å². The third-order valence-electron chi connectivity index (χ3n) is 3.66. The number of anilines is 1. The molecule has 0 saturated carbocycles. The molecular weight excluding hydrogens is 317 g/mol. The molecule has 2 amide bonds. The number of nitrogens with zero attached hydrogens (tertiary/aromatic N) is 2. The Hall–Kier alpha value is -2.28. The average Bonchev–Trinajstić information content (AvgIpc) is 3.12. The van der Waals surface area contributed by atoms with Gasteiger partial charge in [-0.2, -0.15) is 0 Å². The van der Waals surface area contributed by atoms with Crippen molar-refractivity contribution in [3.05, 3.63) is 46.2 Å². The van der Waals surface area contributed by atoms with E-state index in [1.54, 1.807) is 24.0 Å². The Morgan fingerprint density at radius 1 is 1.39 bits per heavy atom. The van der Waals surface area contributed by atoms with Crippen LogP contribution in [0.5, 0.6) is 0 Å². The highest BCUT2D eigenvalue weighted by molar-refractivity contribution is 7.17. The summed E-state index contributed by atoms with van der Waals surface area (Å²) in [5.74, 6) is -0.488. The minimum absolute atomic E-state index is 0.0528. The second kappa shape index (κ2) is 6.45. The van der Waals surface area contributed by atoms with Crippen LogP contribution in [0, 0.1) is 12.7 Å². The molecule has 1 aromatic heterocycles. The van der Waals surface area contributed by atoms with E-state index in [9.17, 15) is 14.0 Å². The zero-order chi connectivity index (χ0) is 16.4. The van der Waals surface area contributed by atoms with Gasteiger partial charge in [-0.15, -0.1) is 0 Å². The molecule has 1 saturated heterocycles. The quantitative estimate of drug-likeness (QED) is 0.936. The van der Waals surface area contributed by atoms with E-state index in [1.165, 1.54) is 23.5 Å². The molecule has 2 heterocycles. The second-order valence-electron chi connectivity index (χ2n) is 5.37. The fraction of sp³-hybridized carbons (Fsp3) is 0.312. The number of aryl methyl sites for hydroxylation is 1. The Bertz CT molecular complexity index is 742. The topological polar surface area (TPSA) is 62.3 Å². The lowest BCUT2D eigenvalue weighted by molar-refractivity contribution is -0.117. The van der Waals surface area contributed by atoms with Crippen LogP contribution in [-0.4, -0.2) is 23.3 Å². The van der Waals surface area contributed by atoms with Crippen LogP contribution in [-0.2, 0) is 11.3 Å². The summed E-state index contributed by atoms with van der Waals surface area (Å²) in [7, 11) is 0. The van der Waals surface area contributed by atoms with Gasteiger partial charge < -0.3 is 5.32 Å². The molecule has 0 unspecified atom stereocenters. The predicted octanol–water partition coefficient (Wildman–Crippen LogP) is 2.65. The zero-order valence-corrected chi connectivity index (χ0v) is 13.5. The Kier molecular flexibility index (Phi) is 4.38. The number of nitrogens with one attached hydrogen (secondary N) is 1. The first-order chi connectivity index (χ1) is 11.0. The summed E-state index contributed by atoms with van der Waals surface area (Å²) < 4.78 is 12.9. The number of amides is 2. The Morgan fingerprint density at radius 3 is 2.78 bits per heavy atom. The highest BCUT2D eigenvalue weighted by Crippen LogP contribution is 2.29. The van der Waals surface area contributed by atoms with Gasteiger partial charge in [-0.3, -0.25) is 14.5 Å². The van der Waals surface area contributed by atoms with Crippen molar-refractivity contribution in [1.29, 1.82) is 0 Å². The first-order valence-electron chi connectivity index (χ1n) is 7.35. The number of rotatable bonds is 4. The summed E-state index contributed by atoms with van der Waals surface area (Å²) in [5.41, 5.74) is 1.43. The predicted molar refractivity (Wildman–Crippen MR) is 86.0 cm³/mol. The minimum Gasteiger partial charge on any atom is -0.347 e. The van der Waals surface area contributed by atoms with Gasteiger partial charge in [0, 0.05) is 19.5 Å². The molecule has 0 spiro atoms. The number of thiazole rings is 1. The summed E-state index contributed by atoms with van der Waals surface area (Å²) in [4.78, 5) is 30.5. The Labute approximate surface area is 137 Å². The van der Waals surface area contributed by atoms with Gasteiger partial charge in [0.2, 0.25) is 5.91 Å². The number of hydrogen-bond acceptors (Lipinski definition) is 4. The average molecular weight is 333 g/mol. The molecule has 0 aliphatic carbocycles. The molecule has 7 heteroatoms. The van der Waals surface area contributed by atoms with E-state index in [1.807, 2.05) is 0 Å². The van der Waals surface area contributed by atoms with E-state index < -0.39 is 0 Å². The molecule has 3 rings (SSSR count). The summed E-state index contributed by atoms with van der Waals surface area (Å²) in [6.45, 7) is 2.73. The van der Waals surface area contributed by atoms with Crippen LogP contribution in [0.2, 0.25) is 0 Å². The highest BCUT2D eigenvalue weighted by atomic mass is 32.1. The van der Waals surface area contributed by atoms with Crippen molar-refractivity contribution >= 4 is 28.3 Å². The maximum atomic E-state index is 12.9. The molecular formula is C16H16FN3O2S. The lowest BCUT2D eigenvalue weighted by atomic mass is 10.2. The van der Waals surface area contributed by atoms with Gasteiger partial charge in [0.15, 0.2) is 5.13 Å². The molecule has 1 aromatic carbocycles. The van der Waals surface area contributed by atoms with E-state index in [0.29, 0.717) is 35.2 Å². The molecule has 1 fully saturated rings. The fourth-order valence-corrected chi connectivity index (χ4v) is 3.45. The number of hydrogen-bond donors (Lipinski definition) is 1. The van der Waals surface area contributed by atoms with Gasteiger partial charge in [-0.25, -0.2) is 9.37 Å². The Balaban J connectivity index is 1.68. The summed E-state index contributed by atoms with van der Waals surface area (Å²) in [6, 6.07) is 5.97. The first kappa shape index (κ1) is 15.6. The van der Waals surface area contributed by atoms with E-state index >= 15 is 0 Å². The first-order valence-corrected chi connectivity index (χ1v) is 8.16. The zero-order valence-electron chi connectivity index (χ0n) is 12.6. The second-order valence-corrected chi connectivity index (χ2v) is 6.35. The maximum Gasteiger partial charge on any atom is 0.263 e. The van der Waals surface area contributed by atoms with Crippen molar-refractivity contribution in [2.24, 2.45) is 0 Å². The lowest BCUT2D eigenvalue weighted by Crippen LogP contribution is -2.23. The van der Waals surface area contributed by atoms with Gasteiger partial charge in [0.05, 0.1) is 5.69 Å². The van der Waals surface area contributed by atoms with Crippen LogP contribution in [0.4, 0.5) is 9.52 Å². The third kappa shape index (κ3) is 3.39. The van der Waals surface area contributed by atoms with Gasteiger partial charge >= 0.3 is 0 Å². The van der Waals surface area contributed by atoms with Gasteiger partial charge in [0.1, 0.15) is 10.7 Å². The van der Waals surface area contributed by atoms with Crippen LogP contribution in [0.1, 0.15) is 33.8 Å². The third-order valence-corrected chi connectivity index (χ3v) is 4.84. The van der Waals surface area contributed by atoms with Crippen molar-refractivity contribution < 1.29 is 14.0 Å². The van der Waals surface area contributed by atoms with Crippen LogP contribution >= 0.6 is 11.3 Å². The summed E-state index contributed by atoms with van der Waals surface area (Å²) in [6.07, 6.45) is 1.36. The number of carbonyl (C=O) groups excluding carboxylic acids is 2. The van der Waals surface area contributed by atoms with Crippen molar-refractivity contribution in [3.63, 3.8) is 0 Å². The smallest absolute Gasteiger partial charge is 0.263 e. The normalized spacial score (nSPS) is 14.3. The van der Waals surface area contributed by atoms with E-state index in [-0.39, 0.29) is 17.6 Å². The molecule has 0 radical (unpaired) electrons. The van der Waals surface area contributed by atoms with E-state index in [0.717, 1.165) is 12.0 Å². The van der Waals surface area contributed by atoms with Crippen molar-refractivity contribution in [1.82, 2.24) is 10.3 Å². The molecule has 5 nitrogen and oxygen atoms in total. The number of carbonyl (C=O) groups is 2. The molecule has 23 heavy (non-hydrogen) atoms. The standard InChI is InChI=1S/C16H16FN3O2S/c1-10-14(23-16(19-10)20-8-2-3-13(20)21)15(22)18-9-11-4-6-12(17)7-5-11/h4-7H,2-3,8-9H2,1H3,(H,18,22). The SMILES string of the molecule is Cc1nc(N2CCCC2=O)sc1C(=O)NCc1ccc(F)cc1. The Morgan fingerprint density at radius 2 is 2.13 bits per heavy atom. The molecule has 120 valence electrons. The summed E-state index contributed by atoms with van der Waals surface area (Å²) >= 11 is 1.23. The van der Waals surface area contributed by atoms with E-state index in [2.05, 4.69) is 10.3 Å². The molecule has 0 bridgehead atoms. The van der Waals surface area contributed by atoms with Crippen LogP contribution in [0.25, 0.3) is 0 Å². The van der Waals surface area contributed by atoms with Crippen LogP contribution in [0.15, 0.2) is 24.3 Å². The van der Waals surface area contributed by atoms with Gasteiger partial charge in [0.25, 0.3) is 5.91 Å². The summed E-state index contributed by atoms with van der Waals surface area (Å²) in [5, 5.41) is 3.38. The van der Waals surface area contributed by atoms with E-state index in [4.69, 9.17) is 0 Å². The van der Waals surface area contributed by atoms with Crippen LogP contribution in [0.3, 0.4) is 0 Å². The monoisotopic (exact) mass is 333 g/mol. The fourth-order valence-electron chi connectivity index (χ4n) is 2.42. The molecule has 0 atom stereocenters. The largest absolute Gasteiger partial charge is 0.347 e. The molecule has 1 aliphatic heterocycles.